The molecule has 182 valence electrons. The Morgan fingerprint density at radius 2 is 1.89 bits per heavy atom. The van der Waals surface area contributed by atoms with Gasteiger partial charge in [-0.15, -0.1) is 17.8 Å². The van der Waals surface area contributed by atoms with Crippen LogP contribution in [0.2, 0.25) is 0 Å². The van der Waals surface area contributed by atoms with Crippen LogP contribution in [0.3, 0.4) is 0 Å². The minimum atomic E-state index is 0.165. The van der Waals surface area contributed by atoms with Crippen molar-refractivity contribution in [1.29, 1.82) is 0 Å². The highest BCUT2D eigenvalue weighted by Gasteiger charge is 2.31. The maximum Gasteiger partial charge on any atom is 0.173 e. The Hall–Kier alpha value is -2.71. The molecular formula is C30H34N2O2S. The number of carbonyl (C=O) groups is 2. The number of carbonyl (C=O) groups excluding carboxylic acids is 2. The zero-order valence-corrected chi connectivity index (χ0v) is 21.4. The van der Waals surface area contributed by atoms with Gasteiger partial charge in [-0.3, -0.25) is 9.59 Å². The van der Waals surface area contributed by atoms with E-state index in [2.05, 4.69) is 16.6 Å². The lowest BCUT2D eigenvalue weighted by Crippen LogP contribution is -2.24. The molecular weight excluding hydrogens is 452 g/mol. The number of terminal acetylenes is 1. The second kappa shape index (κ2) is 10.5. The summed E-state index contributed by atoms with van der Waals surface area (Å²) in [5, 5.41) is 0. The number of rotatable bonds is 7. The Balaban J connectivity index is 1.44. The van der Waals surface area contributed by atoms with Crippen LogP contribution in [0.5, 0.6) is 0 Å². The van der Waals surface area contributed by atoms with Crippen molar-refractivity contribution in [3.63, 3.8) is 0 Å². The van der Waals surface area contributed by atoms with E-state index >= 15 is 0 Å². The third kappa shape index (κ3) is 5.00. The lowest BCUT2D eigenvalue weighted by atomic mass is 9.82. The topological polar surface area (TPSA) is 52.0 Å². The smallest absolute Gasteiger partial charge is 0.173 e. The van der Waals surface area contributed by atoms with Gasteiger partial charge in [0.1, 0.15) is 5.82 Å². The number of fused-ring (bicyclic) bond motifs is 1. The number of hydrogen-bond donors (Lipinski definition) is 0. The van der Waals surface area contributed by atoms with Gasteiger partial charge in [-0.05, 0) is 68.4 Å². The molecule has 2 atom stereocenters. The normalized spacial score (nSPS) is 21.1. The van der Waals surface area contributed by atoms with E-state index in [1.807, 2.05) is 31.2 Å². The van der Waals surface area contributed by atoms with Crippen LogP contribution in [0.4, 0.5) is 0 Å². The quantitative estimate of drug-likeness (QED) is 0.254. The number of imidazole rings is 1. The standard InChI is InChI=1S/C30H34N2O2S/c1-3-24-14-16-29(35-24)28(34)18-20-9-8-12-23(17-20)32-26-15-13-22(27(33)4-2)19-25(26)31-30(32)21-10-6-5-7-11-21/h1,13-16,19-21,23H,4-12,17-18H2,2H3/t20-,23+/m1/s1. The Morgan fingerprint density at radius 1 is 1.06 bits per heavy atom. The van der Waals surface area contributed by atoms with Gasteiger partial charge in [0.25, 0.3) is 0 Å². The maximum absolute atomic E-state index is 13.0. The summed E-state index contributed by atoms with van der Waals surface area (Å²) < 4.78 is 2.50. The van der Waals surface area contributed by atoms with Gasteiger partial charge >= 0.3 is 0 Å². The molecule has 0 unspecified atom stereocenters. The van der Waals surface area contributed by atoms with Crippen molar-refractivity contribution in [2.75, 3.05) is 0 Å². The van der Waals surface area contributed by atoms with Crippen molar-refractivity contribution in [2.45, 2.75) is 89.5 Å². The monoisotopic (exact) mass is 486 g/mol. The van der Waals surface area contributed by atoms with Gasteiger partial charge in [-0.25, -0.2) is 4.98 Å². The predicted octanol–water partition coefficient (Wildman–Crippen LogP) is 7.72. The van der Waals surface area contributed by atoms with Crippen LogP contribution in [0.1, 0.15) is 120 Å². The average molecular weight is 487 g/mol. The molecule has 0 aliphatic heterocycles. The molecule has 2 heterocycles. The van der Waals surface area contributed by atoms with Crippen LogP contribution in [0, 0.1) is 18.3 Å². The molecule has 0 N–H and O–H groups in total. The van der Waals surface area contributed by atoms with Gasteiger partial charge < -0.3 is 4.57 Å². The molecule has 0 bridgehead atoms. The van der Waals surface area contributed by atoms with Gasteiger partial charge in [-0.2, -0.15) is 0 Å². The SMILES string of the molecule is C#Cc1ccc(C(=O)C[C@@H]2CCC[C@H](n3c(C4CCCCC4)nc4cc(C(=O)CC)ccc43)C2)s1. The number of hydrogen-bond acceptors (Lipinski definition) is 4. The lowest BCUT2D eigenvalue weighted by Gasteiger charge is -2.33. The Kier molecular flexibility index (Phi) is 7.20. The summed E-state index contributed by atoms with van der Waals surface area (Å²) in [6, 6.07) is 10.2. The number of aromatic nitrogens is 2. The van der Waals surface area contributed by atoms with Crippen LogP contribution < -0.4 is 0 Å². The van der Waals surface area contributed by atoms with E-state index in [1.54, 1.807) is 0 Å². The Labute approximate surface area is 212 Å². The van der Waals surface area contributed by atoms with Crippen LogP contribution in [0.15, 0.2) is 30.3 Å². The summed E-state index contributed by atoms with van der Waals surface area (Å²) >= 11 is 1.43. The Bertz CT molecular complexity index is 1270. The van der Waals surface area contributed by atoms with Crippen molar-refractivity contribution in [1.82, 2.24) is 9.55 Å². The largest absolute Gasteiger partial charge is 0.325 e. The molecule has 3 aromatic rings. The van der Waals surface area contributed by atoms with Gasteiger partial charge in [-0.1, -0.05) is 38.5 Å². The van der Waals surface area contributed by atoms with Gasteiger partial charge in [0.2, 0.25) is 0 Å². The van der Waals surface area contributed by atoms with Crippen LogP contribution in [-0.4, -0.2) is 21.1 Å². The molecule has 2 aliphatic carbocycles. The van der Waals surface area contributed by atoms with Crippen LogP contribution >= 0.6 is 11.3 Å². The molecule has 0 radical (unpaired) electrons. The van der Waals surface area contributed by atoms with E-state index in [0.29, 0.717) is 30.7 Å². The molecule has 5 heteroatoms. The first-order valence-corrected chi connectivity index (χ1v) is 14.0. The first-order chi connectivity index (χ1) is 17.1. The van der Waals surface area contributed by atoms with Crippen molar-refractivity contribution >= 4 is 33.9 Å². The zero-order valence-electron chi connectivity index (χ0n) is 20.6. The highest BCUT2D eigenvalue weighted by molar-refractivity contribution is 7.14. The minimum absolute atomic E-state index is 0.165. The third-order valence-corrected chi connectivity index (χ3v) is 9.01. The molecule has 4 nitrogen and oxygen atoms in total. The molecule has 2 fully saturated rings. The van der Waals surface area contributed by atoms with Gasteiger partial charge in [0.15, 0.2) is 11.6 Å². The van der Waals surface area contributed by atoms with E-state index in [0.717, 1.165) is 52.0 Å². The van der Waals surface area contributed by atoms with Gasteiger partial charge in [0.05, 0.1) is 20.8 Å². The van der Waals surface area contributed by atoms with E-state index < -0.39 is 0 Å². The van der Waals surface area contributed by atoms with Crippen LogP contribution in [-0.2, 0) is 0 Å². The molecule has 0 amide bonds. The number of ketones is 2. The molecule has 1 aromatic carbocycles. The van der Waals surface area contributed by atoms with Crippen molar-refractivity contribution in [3.05, 3.63) is 51.5 Å². The van der Waals surface area contributed by atoms with Crippen molar-refractivity contribution < 1.29 is 9.59 Å². The molecule has 0 saturated heterocycles. The van der Waals surface area contributed by atoms with E-state index in [9.17, 15) is 9.59 Å². The fraction of sp³-hybridized carbons (Fsp3) is 0.500. The summed E-state index contributed by atoms with van der Waals surface area (Å²) in [4.78, 5) is 32.1. The summed E-state index contributed by atoms with van der Waals surface area (Å²) in [5.74, 6) is 5.07. The fourth-order valence-corrected chi connectivity index (χ4v) is 6.90. The summed E-state index contributed by atoms with van der Waals surface area (Å²) in [5.41, 5.74) is 2.85. The second-order valence-electron chi connectivity index (χ2n) is 10.3. The maximum atomic E-state index is 13.0. The molecule has 2 aromatic heterocycles. The second-order valence-corrected chi connectivity index (χ2v) is 11.4. The van der Waals surface area contributed by atoms with Gasteiger partial charge in [0, 0.05) is 30.4 Å². The zero-order chi connectivity index (χ0) is 24.4. The molecule has 5 rings (SSSR count). The highest BCUT2D eigenvalue weighted by atomic mass is 32.1. The average Bonchev–Trinajstić information content (AvgIpc) is 3.53. The lowest BCUT2D eigenvalue weighted by molar-refractivity contribution is 0.0943. The highest BCUT2D eigenvalue weighted by Crippen LogP contribution is 2.41. The summed E-state index contributed by atoms with van der Waals surface area (Å²) in [7, 11) is 0. The summed E-state index contributed by atoms with van der Waals surface area (Å²) in [6.07, 6.45) is 17.1. The number of thiophene rings is 1. The number of nitrogens with zero attached hydrogens (tertiary/aromatic N) is 2. The predicted molar refractivity (Wildman–Crippen MR) is 142 cm³/mol. The summed E-state index contributed by atoms with van der Waals surface area (Å²) in [6.45, 7) is 1.91. The molecule has 0 spiro atoms. The number of Topliss-reactive ketones (excluding diaryl/α,β-unsaturated/α-hetero) is 2. The fourth-order valence-electron chi connectivity index (χ4n) is 6.14. The van der Waals surface area contributed by atoms with Crippen LogP contribution in [0.25, 0.3) is 11.0 Å². The molecule has 35 heavy (non-hydrogen) atoms. The Morgan fingerprint density at radius 3 is 2.63 bits per heavy atom. The van der Waals surface area contributed by atoms with Crippen molar-refractivity contribution in [2.24, 2.45) is 5.92 Å². The molecule has 2 saturated carbocycles. The number of benzene rings is 1. The third-order valence-electron chi connectivity index (χ3n) is 7.95. The van der Waals surface area contributed by atoms with Crippen molar-refractivity contribution in [3.8, 4) is 12.3 Å². The van der Waals surface area contributed by atoms with E-state index in [-0.39, 0.29) is 11.6 Å². The molecule has 2 aliphatic rings. The minimum Gasteiger partial charge on any atom is -0.325 e. The van der Waals surface area contributed by atoms with E-state index in [1.165, 1.54) is 49.3 Å². The first kappa shape index (κ1) is 24.0. The van der Waals surface area contributed by atoms with E-state index in [4.69, 9.17) is 11.4 Å². The first-order valence-electron chi connectivity index (χ1n) is 13.2.